The molecular formula is C31H23ClN4O4. The molecule has 2 atom stereocenters. The number of carbonyl (C=O) groups excluding carboxylic acids is 1. The van der Waals surface area contributed by atoms with Crippen LogP contribution in [0.2, 0.25) is 5.02 Å². The lowest BCUT2D eigenvalue weighted by atomic mass is 9.72. The molecule has 6 rings (SSSR count). The topological polar surface area (TPSA) is 99.7 Å². The summed E-state index contributed by atoms with van der Waals surface area (Å²) in [5.41, 5.74) is 3.58. The Kier molecular flexibility index (Phi) is 6.16. The smallest absolute Gasteiger partial charge is 0.314 e. The van der Waals surface area contributed by atoms with Crippen LogP contribution >= 0.6 is 11.6 Å². The van der Waals surface area contributed by atoms with Gasteiger partial charge < -0.3 is 4.74 Å². The fourth-order valence-electron chi connectivity index (χ4n) is 6.28. The highest BCUT2D eigenvalue weighted by atomic mass is 35.5. The van der Waals surface area contributed by atoms with Gasteiger partial charge in [0.05, 0.1) is 17.2 Å². The van der Waals surface area contributed by atoms with Gasteiger partial charge in [0.2, 0.25) is 6.19 Å². The van der Waals surface area contributed by atoms with E-state index in [2.05, 4.69) is 6.19 Å². The Labute approximate surface area is 235 Å². The number of fused-ring (bicyclic) bond motifs is 5. The second-order valence-electron chi connectivity index (χ2n) is 9.61. The van der Waals surface area contributed by atoms with Gasteiger partial charge in [0.25, 0.3) is 5.69 Å². The molecule has 0 bridgehead atoms. The van der Waals surface area contributed by atoms with Crippen LogP contribution in [0.5, 0.6) is 0 Å². The van der Waals surface area contributed by atoms with Crippen LogP contribution in [0.25, 0.3) is 11.1 Å². The number of hydrazine groups is 1. The van der Waals surface area contributed by atoms with Crippen LogP contribution in [0.3, 0.4) is 0 Å². The first-order valence-electron chi connectivity index (χ1n) is 12.8. The highest BCUT2D eigenvalue weighted by Crippen LogP contribution is 2.63. The van der Waals surface area contributed by atoms with Crippen molar-refractivity contribution in [2.24, 2.45) is 5.92 Å². The van der Waals surface area contributed by atoms with Crippen LogP contribution in [0.1, 0.15) is 29.7 Å². The molecule has 0 radical (unpaired) electrons. The number of hydrogen-bond donors (Lipinski definition) is 0. The van der Waals surface area contributed by atoms with Crippen molar-refractivity contribution in [3.63, 3.8) is 0 Å². The summed E-state index contributed by atoms with van der Waals surface area (Å²) >= 11 is 6.26. The van der Waals surface area contributed by atoms with Crippen LogP contribution in [-0.4, -0.2) is 22.5 Å². The van der Waals surface area contributed by atoms with Gasteiger partial charge in [-0.05, 0) is 71.1 Å². The SMILES string of the molecule is CCOC(=O)C1C(c2ccc([N+](=O)[O-])cc2)N(C#N)N(c2ccc(Cl)cc2)C12c1ccccc1-c1ccccc12. The van der Waals surface area contributed by atoms with Crippen LogP contribution in [0, 0.1) is 27.5 Å². The molecule has 40 heavy (non-hydrogen) atoms. The van der Waals surface area contributed by atoms with Gasteiger partial charge in [-0.1, -0.05) is 60.1 Å². The summed E-state index contributed by atoms with van der Waals surface area (Å²) in [5.74, 6) is -1.40. The molecule has 0 saturated carbocycles. The second-order valence-corrected chi connectivity index (χ2v) is 10.0. The largest absolute Gasteiger partial charge is 0.466 e. The summed E-state index contributed by atoms with van der Waals surface area (Å²) < 4.78 is 5.72. The zero-order valence-electron chi connectivity index (χ0n) is 21.4. The van der Waals surface area contributed by atoms with Gasteiger partial charge in [-0.2, -0.15) is 5.26 Å². The summed E-state index contributed by atoms with van der Waals surface area (Å²) in [4.78, 5) is 25.1. The number of anilines is 1. The van der Waals surface area contributed by atoms with Gasteiger partial charge in [-0.15, -0.1) is 0 Å². The molecule has 9 heteroatoms. The average molecular weight is 551 g/mol. The van der Waals surface area contributed by atoms with Crippen LogP contribution in [-0.2, 0) is 15.1 Å². The number of nitrogens with zero attached hydrogens (tertiary/aromatic N) is 4. The van der Waals surface area contributed by atoms with Crippen molar-refractivity contribution in [1.82, 2.24) is 5.01 Å². The van der Waals surface area contributed by atoms with Crippen LogP contribution < -0.4 is 5.01 Å². The lowest BCUT2D eigenvalue weighted by Crippen LogP contribution is -2.50. The number of hydrogen-bond acceptors (Lipinski definition) is 7. The molecule has 1 aliphatic carbocycles. The number of nitriles is 1. The average Bonchev–Trinajstić information content (AvgIpc) is 3.45. The first kappa shape index (κ1) is 25.4. The molecule has 4 aromatic rings. The van der Waals surface area contributed by atoms with Crippen molar-refractivity contribution in [3.05, 3.63) is 129 Å². The van der Waals surface area contributed by atoms with E-state index in [1.807, 2.05) is 65.7 Å². The van der Waals surface area contributed by atoms with E-state index >= 15 is 0 Å². The maximum Gasteiger partial charge on any atom is 0.314 e. The maximum atomic E-state index is 14.2. The zero-order chi connectivity index (χ0) is 28.0. The number of carbonyl (C=O) groups is 1. The number of non-ortho nitro benzene ring substituents is 1. The van der Waals surface area contributed by atoms with Gasteiger partial charge in [-0.3, -0.25) is 19.9 Å². The first-order valence-corrected chi connectivity index (χ1v) is 13.2. The number of nitro groups is 1. The lowest BCUT2D eigenvalue weighted by Gasteiger charge is -2.41. The van der Waals surface area contributed by atoms with Gasteiger partial charge in [0.1, 0.15) is 17.5 Å². The molecule has 1 aliphatic heterocycles. The maximum absolute atomic E-state index is 14.2. The Morgan fingerprint density at radius 2 is 1.55 bits per heavy atom. The van der Waals surface area contributed by atoms with E-state index in [0.29, 0.717) is 16.3 Å². The van der Waals surface area contributed by atoms with E-state index in [9.17, 15) is 20.2 Å². The summed E-state index contributed by atoms with van der Waals surface area (Å²) in [5, 5.41) is 26.0. The fourth-order valence-corrected chi connectivity index (χ4v) is 6.41. The highest BCUT2D eigenvalue weighted by molar-refractivity contribution is 6.30. The number of nitro benzene ring substituents is 1. The van der Waals surface area contributed by atoms with Crippen LogP contribution in [0.4, 0.5) is 11.4 Å². The standard InChI is InChI=1S/C31H23ClN4O4/c1-2-40-30(37)28-29(20-11-15-23(16-12-20)36(38)39)34(19-33)35(22-17-13-21(32)14-18-22)31(28)26-9-5-3-7-24(26)25-8-4-6-10-27(25)31/h3-18,28-29H,2H2,1H3. The molecule has 0 amide bonds. The fraction of sp³-hybridized carbons (Fsp3) is 0.161. The molecule has 198 valence electrons. The molecular weight excluding hydrogens is 528 g/mol. The second kappa shape index (κ2) is 9.70. The van der Waals surface area contributed by atoms with Gasteiger partial charge in [0, 0.05) is 17.2 Å². The van der Waals surface area contributed by atoms with E-state index in [-0.39, 0.29) is 12.3 Å². The Morgan fingerprint density at radius 3 is 2.08 bits per heavy atom. The third-order valence-corrected chi connectivity index (χ3v) is 7.96. The molecule has 1 fully saturated rings. The van der Waals surface area contributed by atoms with Crippen molar-refractivity contribution in [1.29, 1.82) is 5.26 Å². The van der Waals surface area contributed by atoms with Crippen molar-refractivity contribution in [2.45, 2.75) is 18.5 Å². The van der Waals surface area contributed by atoms with Gasteiger partial charge >= 0.3 is 5.97 Å². The van der Waals surface area contributed by atoms with E-state index < -0.39 is 28.4 Å². The quantitative estimate of drug-likeness (QED) is 0.119. The zero-order valence-corrected chi connectivity index (χ0v) is 22.2. The molecule has 4 aromatic carbocycles. The third-order valence-electron chi connectivity index (χ3n) is 7.70. The Morgan fingerprint density at radius 1 is 0.975 bits per heavy atom. The van der Waals surface area contributed by atoms with Crippen molar-refractivity contribution < 1.29 is 14.5 Å². The molecule has 0 N–H and O–H groups in total. The van der Waals surface area contributed by atoms with E-state index in [1.54, 1.807) is 31.2 Å². The summed E-state index contributed by atoms with van der Waals surface area (Å²) in [6, 6.07) is 28.0. The Hall–Kier alpha value is -4.87. The normalized spacial score (nSPS) is 18.2. The summed E-state index contributed by atoms with van der Waals surface area (Å²) in [6.45, 7) is 1.89. The van der Waals surface area contributed by atoms with Crippen LogP contribution in [0.15, 0.2) is 97.1 Å². The number of halogens is 1. The number of rotatable bonds is 5. The Bertz CT molecular complexity index is 1620. The predicted octanol–water partition coefficient (Wildman–Crippen LogP) is 6.61. The third kappa shape index (κ3) is 3.55. The highest BCUT2D eigenvalue weighted by Gasteiger charge is 2.67. The lowest BCUT2D eigenvalue weighted by molar-refractivity contribution is -0.384. The molecule has 8 nitrogen and oxygen atoms in total. The molecule has 1 spiro atoms. The molecule has 1 heterocycles. The minimum atomic E-state index is -1.17. The number of esters is 1. The Balaban J connectivity index is 1.72. The van der Waals surface area contributed by atoms with Gasteiger partial charge in [-0.25, -0.2) is 5.01 Å². The molecule has 2 unspecified atom stereocenters. The van der Waals surface area contributed by atoms with Crippen molar-refractivity contribution in [2.75, 3.05) is 11.6 Å². The van der Waals surface area contributed by atoms with E-state index in [0.717, 1.165) is 22.3 Å². The van der Waals surface area contributed by atoms with E-state index in [4.69, 9.17) is 16.3 Å². The molecule has 1 saturated heterocycles. The monoisotopic (exact) mass is 550 g/mol. The minimum Gasteiger partial charge on any atom is -0.466 e. The summed E-state index contributed by atoms with van der Waals surface area (Å²) in [7, 11) is 0. The number of ether oxygens (including phenoxy) is 1. The van der Waals surface area contributed by atoms with Gasteiger partial charge in [0.15, 0.2) is 0 Å². The predicted molar refractivity (Wildman–Crippen MR) is 150 cm³/mol. The van der Waals surface area contributed by atoms with Crippen molar-refractivity contribution in [3.8, 4) is 17.3 Å². The molecule has 0 aromatic heterocycles. The van der Waals surface area contributed by atoms with Crippen molar-refractivity contribution >= 4 is 28.9 Å². The molecule has 2 aliphatic rings. The first-order chi connectivity index (χ1) is 19.4. The van der Waals surface area contributed by atoms with E-state index in [1.165, 1.54) is 17.1 Å². The summed E-state index contributed by atoms with van der Waals surface area (Å²) in [6.07, 6.45) is 2.34. The number of benzene rings is 4. The minimum absolute atomic E-state index is 0.0845.